The predicted molar refractivity (Wildman–Crippen MR) is 68.1 cm³/mol. The summed E-state index contributed by atoms with van der Waals surface area (Å²) in [5.74, 6) is 0.918. The molecule has 0 saturated carbocycles. The van der Waals surface area contributed by atoms with Gasteiger partial charge in [0.25, 0.3) is 0 Å². The van der Waals surface area contributed by atoms with Gasteiger partial charge in [0.15, 0.2) is 0 Å². The Hall–Kier alpha value is -0.730. The van der Waals surface area contributed by atoms with Gasteiger partial charge in [0.2, 0.25) is 10.0 Å². The second-order valence-electron chi connectivity index (χ2n) is 4.16. The Morgan fingerprint density at radius 2 is 1.84 bits per heavy atom. The van der Waals surface area contributed by atoms with Gasteiger partial charge in [0.05, 0.1) is 17.2 Å². The average molecular weight is 311 g/mol. The molecule has 0 radical (unpaired) electrons. The second kappa shape index (κ2) is 5.34. The summed E-state index contributed by atoms with van der Waals surface area (Å²) >= 11 is 1.52. The van der Waals surface area contributed by atoms with Crippen LogP contribution >= 0.6 is 11.8 Å². The Balaban J connectivity index is 2.11. The van der Waals surface area contributed by atoms with E-state index in [1.54, 1.807) is 0 Å². The Morgan fingerprint density at radius 1 is 1.21 bits per heavy atom. The molecule has 0 bridgehead atoms. The number of halogens is 3. The third-order valence-electron chi connectivity index (χ3n) is 2.74. The van der Waals surface area contributed by atoms with Gasteiger partial charge in [-0.05, 0) is 17.7 Å². The highest BCUT2D eigenvalue weighted by Crippen LogP contribution is 2.29. The quantitative estimate of drug-likeness (QED) is 0.861. The molecule has 0 N–H and O–H groups in total. The fraction of sp³-hybridized carbons (Fsp3) is 0.455. The van der Waals surface area contributed by atoms with Crippen molar-refractivity contribution in [3.63, 3.8) is 0 Å². The molecular weight excluding hydrogens is 299 g/mol. The lowest BCUT2D eigenvalue weighted by Gasteiger charge is -2.15. The minimum atomic E-state index is -4.40. The van der Waals surface area contributed by atoms with Gasteiger partial charge in [-0.25, -0.2) is 8.42 Å². The summed E-state index contributed by atoms with van der Waals surface area (Å²) in [5, 5.41) is 0. The lowest BCUT2D eigenvalue weighted by molar-refractivity contribution is -0.137. The van der Waals surface area contributed by atoms with Crippen LogP contribution in [0.15, 0.2) is 24.3 Å². The first-order valence-corrected chi connectivity index (χ1v) is 8.27. The second-order valence-corrected chi connectivity index (χ2v) is 7.21. The van der Waals surface area contributed by atoms with Crippen LogP contribution in [0.5, 0.6) is 0 Å². The lowest BCUT2D eigenvalue weighted by Crippen LogP contribution is -2.29. The molecule has 8 heteroatoms. The summed E-state index contributed by atoms with van der Waals surface area (Å²) in [4.78, 5) is 0. The van der Waals surface area contributed by atoms with Crippen LogP contribution in [0.1, 0.15) is 11.1 Å². The average Bonchev–Trinajstić information content (AvgIpc) is 2.82. The van der Waals surface area contributed by atoms with Gasteiger partial charge in [-0.3, -0.25) is 0 Å². The highest BCUT2D eigenvalue weighted by atomic mass is 32.2. The van der Waals surface area contributed by atoms with Gasteiger partial charge in [-0.15, -0.1) is 11.8 Å². The molecule has 19 heavy (non-hydrogen) atoms. The summed E-state index contributed by atoms with van der Waals surface area (Å²) < 4.78 is 62.4. The molecule has 0 amide bonds. The maximum Gasteiger partial charge on any atom is 0.416 e. The molecule has 1 saturated heterocycles. The molecule has 0 atom stereocenters. The molecule has 1 aromatic rings. The van der Waals surface area contributed by atoms with E-state index in [0.717, 1.165) is 17.9 Å². The van der Waals surface area contributed by atoms with Crippen LogP contribution in [0.25, 0.3) is 0 Å². The first kappa shape index (κ1) is 14.7. The minimum absolute atomic E-state index is 0.258. The zero-order valence-corrected chi connectivity index (χ0v) is 11.5. The maximum absolute atomic E-state index is 12.4. The summed E-state index contributed by atoms with van der Waals surface area (Å²) in [6.07, 6.45) is -4.40. The number of hydrogen-bond donors (Lipinski definition) is 0. The summed E-state index contributed by atoms with van der Waals surface area (Å²) in [5.41, 5.74) is -0.407. The number of rotatable bonds is 3. The number of hydrogen-bond acceptors (Lipinski definition) is 3. The SMILES string of the molecule is O=S(=O)(Cc1ccc(C(F)(F)F)cc1)N1CCSC1. The van der Waals surface area contributed by atoms with Crippen LogP contribution in [-0.4, -0.2) is 30.9 Å². The van der Waals surface area contributed by atoms with Crippen molar-refractivity contribution < 1.29 is 21.6 Å². The standard InChI is InChI=1S/C11H12F3NO2S2/c12-11(13,14)10-3-1-9(2-4-10)7-19(16,17)15-5-6-18-8-15/h1-4H,5-8H2. The van der Waals surface area contributed by atoms with Crippen LogP contribution in [0.4, 0.5) is 13.2 Å². The van der Waals surface area contributed by atoms with Crippen LogP contribution in [0.3, 0.4) is 0 Å². The van der Waals surface area contributed by atoms with Crippen LogP contribution in [0.2, 0.25) is 0 Å². The van der Waals surface area contributed by atoms with Crippen molar-refractivity contribution in [1.82, 2.24) is 4.31 Å². The molecule has 0 unspecified atom stereocenters. The molecule has 1 heterocycles. The zero-order valence-electron chi connectivity index (χ0n) is 9.85. The van der Waals surface area contributed by atoms with E-state index < -0.39 is 21.8 Å². The highest BCUT2D eigenvalue weighted by molar-refractivity contribution is 8.00. The fourth-order valence-corrected chi connectivity index (χ4v) is 4.67. The van der Waals surface area contributed by atoms with E-state index in [2.05, 4.69) is 0 Å². The van der Waals surface area contributed by atoms with Crippen molar-refractivity contribution in [3.05, 3.63) is 35.4 Å². The highest BCUT2D eigenvalue weighted by Gasteiger charge is 2.30. The zero-order chi connectivity index (χ0) is 14.1. The number of alkyl halides is 3. The van der Waals surface area contributed by atoms with Gasteiger partial charge < -0.3 is 0 Å². The van der Waals surface area contributed by atoms with Crippen LogP contribution in [-0.2, 0) is 22.0 Å². The van der Waals surface area contributed by atoms with Gasteiger partial charge >= 0.3 is 6.18 Å². The molecule has 2 rings (SSSR count). The van der Waals surface area contributed by atoms with Crippen molar-refractivity contribution in [1.29, 1.82) is 0 Å². The number of thioether (sulfide) groups is 1. The van der Waals surface area contributed by atoms with Gasteiger partial charge in [-0.2, -0.15) is 17.5 Å². The fourth-order valence-electron chi connectivity index (χ4n) is 1.71. The van der Waals surface area contributed by atoms with E-state index in [1.807, 2.05) is 0 Å². The largest absolute Gasteiger partial charge is 0.416 e. The van der Waals surface area contributed by atoms with E-state index in [9.17, 15) is 21.6 Å². The van der Waals surface area contributed by atoms with Crippen molar-refractivity contribution >= 4 is 21.8 Å². The van der Waals surface area contributed by atoms with Crippen LogP contribution < -0.4 is 0 Å². The molecule has 1 aromatic carbocycles. The topological polar surface area (TPSA) is 37.4 Å². The number of sulfonamides is 1. The summed E-state index contributed by atoms with van der Waals surface area (Å²) in [6.45, 7) is 0.466. The normalized spacial score (nSPS) is 17.8. The summed E-state index contributed by atoms with van der Waals surface area (Å²) in [7, 11) is -3.43. The lowest BCUT2D eigenvalue weighted by atomic mass is 10.1. The molecular formula is C11H12F3NO2S2. The summed E-state index contributed by atoms with van der Waals surface area (Å²) in [6, 6.07) is 4.24. The molecule has 0 aliphatic carbocycles. The Labute approximate surface area is 113 Å². The van der Waals surface area contributed by atoms with E-state index >= 15 is 0 Å². The van der Waals surface area contributed by atoms with E-state index in [-0.39, 0.29) is 5.75 Å². The smallest absolute Gasteiger partial charge is 0.212 e. The van der Waals surface area contributed by atoms with Gasteiger partial charge in [0.1, 0.15) is 0 Å². The Bertz CT molecular complexity index is 534. The van der Waals surface area contributed by atoms with E-state index in [4.69, 9.17) is 0 Å². The third kappa shape index (κ3) is 3.64. The molecule has 3 nitrogen and oxygen atoms in total. The minimum Gasteiger partial charge on any atom is -0.212 e. The monoisotopic (exact) mass is 311 g/mol. The van der Waals surface area contributed by atoms with Gasteiger partial charge in [-0.1, -0.05) is 12.1 Å². The molecule has 0 spiro atoms. The van der Waals surface area contributed by atoms with Crippen molar-refractivity contribution in [2.45, 2.75) is 11.9 Å². The first-order valence-electron chi connectivity index (χ1n) is 5.51. The molecule has 1 aliphatic rings. The van der Waals surface area contributed by atoms with E-state index in [1.165, 1.54) is 28.2 Å². The molecule has 1 aliphatic heterocycles. The molecule has 1 fully saturated rings. The van der Waals surface area contributed by atoms with Crippen LogP contribution in [0, 0.1) is 0 Å². The maximum atomic E-state index is 12.4. The Kier molecular flexibility index (Phi) is 4.12. The molecule has 0 aromatic heterocycles. The molecule has 106 valence electrons. The van der Waals surface area contributed by atoms with Crippen molar-refractivity contribution in [2.24, 2.45) is 0 Å². The van der Waals surface area contributed by atoms with E-state index in [0.29, 0.717) is 18.0 Å². The van der Waals surface area contributed by atoms with Crippen molar-refractivity contribution in [2.75, 3.05) is 18.2 Å². The third-order valence-corrected chi connectivity index (χ3v) is 5.67. The number of nitrogens with zero attached hydrogens (tertiary/aromatic N) is 1. The van der Waals surface area contributed by atoms with Crippen molar-refractivity contribution in [3.8, 4) is 0 Å². The van der Waals surface area contributed by atoms with Gasteiger partial charge in [0, 0.05) is 12.3 Å². The Morgan fingerprint density at radius 3 is 2.32 bits per heavy atom. The number of benzene rings is 1. The first-order chi connectivity index (χ1) is 8.79. The predicted octanol–water partition coefficient (Wildman–Crippen LogP) is 2.54.